The molecule has 1 saturated heterocycles. The van der Waals surface area contributed by atoms with E-state index in [4.69, 9.17) is 0 Å². The van der Waals surface area contributed by atoms with Crippen LogP contribution in [0.5, 0.6) is 0 Å². The van der Waals surface area contributed by atoms with Crippen molar-refractivity contribution < 1.29 is 9.59 Å². The first kappa shape index (κ1) is 18.1. The van der Waals surface area contributed by atoms with Crippen molar-refractivity contribution in [1.82, 2.24) is 15.2 Å². The third-order valence-corrected chi connectivity index (χ3v) is 4.55. The van der Waals surface area contributed by atoms with Crippen LogP contribution in [-0.4, -0.2) is 46.7 Å². The fraction of sp³-hybridized carbons (Fsp3) is 0.278. The Balaban J connectivity index is 1.44. The van der Waals surface area contributed by atoms with E-state index in [1.54, 1.807) is 41.2 Å². The Morgan fingerprint density at radius 1 is 1.19 bits per heavy atom. The van der Waals surface area contributed by atoms with Crippen molar-refractivity contribution in [1.29, 1.82) is 0 Å². The van der Waals surface area contributed by atoms with E-state index in [0.717, 1.165) is 11.4 Å². The van der Waals surface area contributed by atoms with Gasteiger partial charge in [-0.05, 0) is 36.4 Å². The number of hydrogen-bond acceptors (Lipinski definition) is 5. The quantitative estimate of drug-likeness (QED) is 0.680. The summed E-state index contributed by atoms with van der Waals surface area (Å²) in [5.41, 5.74) is 1.62. The lowest BCUT2D eigenvalue weighted by molar-refractivity contribution is 0.0580. The van der Waals surface area contributed by atoms with E-state index < -0.39 is 0 Å². The minimum Gasteiger partial charge on any atom is -0.334 e. The van der Waals surface area contributed by atoms with Crippen LogP contribution in [-0.2, 0) is 0 Å². The third-order valence-electron chi connectivity index (χ3n) is 3.88. The number of hydrogen-bond donors (Lipinski definition) is 3. The van der Waals surface area contributed by atoms with Gasteiger partial charge in [0.05, 0.1) is 6.04 Å². The van der Waals surface area contributed by atoms with E-state index in [2.05, 4.69) is 27.3 Å². The maximum absolute atomic E-state index is 12.4. The molecule has 1 aliphatic heterocycles. The first-order chi connectivity index (χ1) is 12.7. The van der Waals surface area contributed by atoms with Crippen molar-refractivity contribution in [2.45, 2.75) is 13.0 Å². The Bertz CT molecular complexity index is 748. The lowest BCUT2D eigenvalue weighted by Gasteiger charge is -2.39. The minimum absolute atomic E-state index is 0.0251. The van der Waals surface area contributed by atoms with Crippen LogP contribution < -0.4 is 15.4 Å². The summed E-state index contributed by atoms with van der Waals surface area (Å²) in [7, 11) is 0. The predicted molar refractivity (Wildman–Crippen MR) is 104 cm³/mol. The molecule has 2 aromatic rings. The molecule has 1 aromatic carbocycles. The highest BCUT2D eigenvalue weighted by Gasteiger charge is 2.32. The number of amides is 3. The predicted octanol–water partition coefficient (Wildman–Crippen LogP) is 2.81. The number of aromatic nitrogens is 1. The molecule has 26 heavy (non-hydrogen) atoms. The number of likely N-dealkylation sites (tertiary alicyclic amines) is 1. The van der Waals surface area contributed by atoms with E-state index in [9.17, 15) is 9.59 Å². The van der Waals surface area contributed by atoms with Gasteiger partial charge >= 0.3 is 6.03 Å². The summed E-state index contributed by atoms with van der Waals surface area (Å²) in [6, 6.07) is 12.3. The Hall–Kier alpha value is -2.74. The van der Waals surface area contributed by atoms with Crippen LogP contribution in [0.1, 0.15) is 17.3 Å². The molecule has 1 fully saturated rings. The van der Waals surface area contributed by atoms with Crippen LogP contribution in [0.25, 0.3) is 0 Å². The number of rotatable bonds is 6. The smallest absolute Gasteiger partial charge is 0.320 e. The zero-order valence-electron chi connectivity index (χ0n) is 14.4. The van der Waals surface area contributed by atoms with Crippen LogP contribution in [0.15, 0.2) is 48.7 Å². The maximum atomic E-state index is 12.4. The van der Waals surface area contributed by atoms with Gasteiger partial charge in [0.15, 0.2) is 0 Å². The van der Waals surface area contributed by atoms with Gasteiger partial charge in [-0.1, -0.05) is 24.9 Å². The number of urea groups is 1. The number of benzene rings is 1. The molecule has 3 N–H and O–H groups in total. The van der Waals surface area contributed by atoms with E-state index in [1.807, 2.05) is 24.3 Å². The molecule has 1 aromatic heterocycles. The largest absolute Gasteiger partial charge is 0.334 e. The molecule has 3 amide bonds. The first-order valence-corrected chi connectivity index (χ1v) is 9.40. The summed E-state index contributed by atoms with van der Waals surface area (Å²) < 4.78 is 3.20. The highest BCUT2D eigenvalue weighted by atomic mass is 32.2. The second kappa shape index (κ2) is 8.57. The van der Waals surface area contributed by atoms with E-state index in [1.165, 1.54) is 0 Å². The first-order valence-electron chi connectivity index (χ1n) is 8.41. The van der Waals surface area contributed by atoms with Crippen LogP contribution in [0, 0.1) is 0 Å². The molecule has 0 radical (unpaired) electrons. The lowest BCUT2D eigenvalue weighted by Crippen LogP contribution is -2.61. The van der Waals surface area contributed by atoms with Crippen molar-refractivity contribution in [2.24, 2.45) is 0 Å². The standard InChI is InChI=1S/C18H21N5O2S/c1-2-26-22-14-8-6-13(7-9-14)17(24)23-11-15(12-23)20-18(25)21-16-5-3-4-10-19-16/h3-10,15,22H,2,11-12H2,1H3,(H2,19,20,21,25). The highest BCUT2D eigenvalue weighted by molar-refractivity contribution is 8.00. The number of nitrogens with one attached hydrogen (secondary N) is 3. The molecule has 0 saturated carbocycles. The Morgan fingerprint density at radius 2 is 1.96 bits per heavy atom. The summed E-state index contributed by atoms with van der Waals surface area (Å²) in [6.07, 6.45) is 1.61. The van der Waals surface area contributed by atoms with Gasteiger partial charge in [0.25, 0.3) is 5.91 Å². The van der Waals surface area contributed by atoms with Crippen molar-refractivity contribution >= 4 is 35.4 Å². The van der Waals surface area contributed by atoms with Gasteiger partial charge in [-0.15, -0.1) is 0 Å². The Labute approximate surface area is 156 Å². The van der Waals surface area contributed by atoms with Crippen LogP contribution in [0.4, 0.5) is 16.3 Å². The molecule has 3 rings (SSSR count). The normalized spacial score (nSPS) is 13.7. The summed E-state index contributed by atoms with van der Waals surface area (Å²) in [5, 5.41) is 5.50. The van der Waals surface area contributed by atoms with Gasteiger partial charge in [-0.25, -0.2) is 9.78 Å². The molecular weight excluding hydrogens is 350 g/mol. The Kier molecular flexibility index (Phi) is 5.96. The molecule has 0 atom stereocenters. The lowest BCUT2D eigenvalue weighted by atomic mass is 10.1. The monoisotopic (exact) mass is 371 g/mol. The van der Waals surface area contributed by atoms with E-state index >= 15 is 0 Å². The second-order valence-corrected chi connectivity index (χ2v) is 6.90. The number of carbonyl (C=O) groups is 2. The molecule has 0 aliphatic carbocycles. The third kappa shape index (κ3) is 4.66. The Morgan fingerprint density at radius 3 is 2.62 bits per heavy atom. The zero-order valence-corrected chi connectivity index (χ0v) is 15.3. The second-order valence-electron chi connectivity index (χ2n) is 5.83. The number of pyridine rings is 1. The van der Waals surface area contributed by atoms with E-state index in [-0.39, 0.29) is 18.0 Å². The van der Waals surface area contributed by atoms with Gasteiger partial charge in [-0.2, -0.15) is 0 Å². The van der Waals surface area contributed by atoms with Crippen molar-refractivity contribution in [2.75, 3.05) is 28.9 Å². The van der Waals surface area contributed by atoms with Crippen molar-refractivity contribution in [3.05, 3.63) is 54.2 Å². The van der Waals surface area contributed by atoms with Crippen molar-refractivity contribution in [3.63, 3.8) is 0 Å². The topological polar surface area (TPSA) is 86.4 Å². The van der Waals surface area contributed by atoms with Gasteiger partial charge in [0.1, 0.15) is 5.82 Å². The fourth-order valence-electron chi connectivity index (χ4n) is 2.53. The van der Waals surface area contributed by atoms with Crippen LogP contribution in [0.3, 0.4) is 0 Å². The maximum Gasteiger partial charge on any atom is 0.320 e. The SMILES string of the molecule is CCSNc1ccc(C(=O)N2CC(NC(=O)Nc3ccccn3)C2)cc1. The summed E-state index contributed by atoms with van der Waals surface area (Å²) >= 11 is 1.61. The number of anilines is 2. The zero-order chi connectivity index (χ0) is 18.4. The van der Waals surface area contributed by atoms with Crippen LogP contribution >= 0.6 is 11.9 Å². The highest BCUT2D eigenvalue weighted by Crippen LogP contribution is 2.17. The summed E-state index contributed by atoms with van der Waals surface area (Å²) in [4.78, 5) is 30.1. The number of nitrogens with zero attached hydrogens (tertiary/aromatic N) is 2. The minimum atomic E-state index is -0.315. The van der Waals surface area contributed by atoms with Crippen molar-refractivity contribution in [3.8, 4) is 0 Å². The molecular formula is C18H21N5O2S. The summed E-state index contributed by atoms with van der Waals surface area (Å²) in [6.45, 7) is 3.07. The van der Waals surface area contributed by atoms with Crippen LogP contribution in [0.2, 0.25) is 0 Å². The molecule has 136 valence electrons. The van der Waals surface area contributed by atoms with Gasteiger partial charge in [0, 0.05) is 36.3 Å². The molecule has 1 aliphatic rings. The van der Waals surface area contributed by atoms with Gasteiger partial charge in [0.2, 0.25) is 0 Å². The molecule has 7 nitrogen and oxygen atoms in total. The molecule has 0 unspecified atom stereocenters. The fourth-order valence-corrected chi connectivity index (χ4v) is 2.98. The van der Waals surface area contributed by atoms with Gasteiger partial charge < -0.3 is 14.9 Å². The average molecular weight is 371 g/mol. The summed E-state index contributed by atoms with van der Waals surface area (Å²) in [5.74, 6) is 1.44. The van der Waals surface area contributed by atoms with E-state index in [0.29, 0.717) is 24.5 Å². The molecule has 8 heteroatoms. The molecule has 2 heterocycles. The number of carbonyl (C=O) groups excluding carboxylic acids is 2. The molecule has 0 bridgehead atoms. The molecule has 0 spiro atoms. The average Bonchev–Trinajstić information content (AvgIpc) is 2.63. The van der Waals surface area contributed by atoms with Gasteiger partial charge in [-0.3, -0.25) is 10.1 Å².